The first-order valence-corrected chi connectivity index (χ1v) is 2.85. The molecule has 0 aliphatic carbocycles. The molecule has 0 spiro atoms. The van der Waals surface area contributed by atoms with Gasteiger partial charge >= 0.3 is 0 Å². The molecule has 0 saturated carbocycles. The Bertz CT molecular complexity index is 90.3. The smallest absolute Gasteiger partial charge is 0.125 e. The number of hydrogen-bond acceptors (Lipinski definition) is 3. The van der Waals surface area contributed by atoms with E-state index >= 15 is 0 Å². The van der Waals surface area contributed by atoms with E-state index in [0.29, 0.717) is 19.1 Å². The Labute approximate surface area is 53.7 Å². The molecule has 0 amide bonds. The quantitative estimate of drug-likeness (QED) is 0.523. The van der Waals surface area contributed by atoms with Crippen LogP contribution in [0.4, 0.5) is 0 Å². The zero-order valence-corrected chi connectivity index (χ0v) is 5.12. The summed E-state index contributed by atoms with van der Waals surface area (Å²) in [4.78, 5) is 19.7. The second-order valence-corrected chi connectivity index (χ2v) is 1.82. The van der Waals surface area contributed by atoms with Gasteiger partial charge in [0, 0.05) is 12.3 Å². The number of aliphatic hydroxyl groups excluding tert-OH is 1. The fourth-order valence-corrected chi connectivity index (χ4v) is 0.484. The highest BCUT2D eigenvalue weighted by Gasteiger charge is 2.02. The van der Waals surface area contributed by atoms with Crippen molar-refractivity contribution in [1.29, 1.82) is 0 Å². The molecule has 0 aromatic carbocycles. The van der Waals surface area contributed by atoms with Crippen molar-refractivity contribution in [2.75, 3.05) is 6.61 Å². The Balaban J connectivity index is 3.30. The lowest BCUT2D eigenvalue weighted by molar-refractivity contribution is -0.112. The third kappa shape index (κ3) is 3.85. The van der Waals surface area contributed by atoms with Gasteiger partial charge in [-0.2, -0.15) is 0 Å². The molecule has 0 radical (unpaired) electrons. The van der Waals surface area contributed by atoms with E-state index in [2.05, 4.69) is 0 Å². The maximum Gasteiger partial charge on any atom is 0.125 e. The maximum absolute atomic E-state index is 9.97. The summed E-state index contributed by atoms with van der Waals surface area (Å²) in [5.41, 5.74) is 0. The Morgan fingerprint density at radius 3 is 2.44 bits per heavy atom. The van der Waals surface area contributed by atoms with Gasteiger partial charge in [0.2, 0.25) is 0 Å². The molecule has 9 heavy (non-hydrogen) atoms. The number of hydrogen-bond donors (Lipinski definition) is 1. The molecule has 0 fully saturated rings. The van der Waals surface area contributed by atoms with E-state index in [1.54, 1.807) is 0 Å². The van der Waals surface area contributed by atoms with Gasteiger partial charge in [-0.05, 0) is 6.42 Å². The largest absolute Gasteiger partial charge is 0.396 e. The highest BCUT2D eigenvalue weighted by molar-refractivity contribution is 5.55. The molecule has 1 unspecified atom stereocenters. The number of carbonyl (C=O) groups is 2. The molecule has 0 aliphatic rings. The van der Waals surface area contributed by atoms with Gasteiger partial charge in [0.1, 0.15) is 12.6 Å². The van der Waals surface area contributed by atoms with Crippen molar-refractivity contribution < 1.29 is 14.7 Å². The first-order valence-electron chi connectivity index (χ1n) is 2.85. The summed E-state index contributed by atoms with van der Waals surface area (Å²) < 4.78 is 0. The van der Waals surface area contributed by atoms with Crippen LogP contribution in [0.3, 0.4) is 0 Å². The van der Waals surface area contributed by atoms with Gasteiger partial charge in [0.25, 0.3) is 0 Å². The van der Waals surface area contributed by atoms with Gasteiger partial charge < -0.3 is 14.7 Å². The highest BCUT2D eigenvalue weighted by Crippen LogP contribution is 1.99. The molecule has 0 bridgehead atoms. The Kier molecular flexibility index (Phi) is 5.01. The lowest BCUT2D eigenvalue weighted by Gasteiger charge is -2.00. The Morgan fingerprint density at radius 1 is 1.44 bits per heavy atom. The minimum atomic E-state index is -0.352. The molecule has 3 nitrogen and oxygen atoms in total. The van der Waals surface area contributed by atoms with Crippen LogP contribution in [0.1, 0.15) is 12.8 Å². The molecule has 0 heterocycles. The van der Waals surface area contributed by atoms with E-state index in [1.165, 1.54) is 0 Å². The molecule has 52 valence electrons. The zero-order valence-electron chi connectivity index (χ0n) is 5.12. The third-order valence-electron chi connectivity index (χ3n) is 1.08. The topological polar surface area (TPSA) is 54.4 Å². The van der Waals surface area contributed by atoms with Crippen LogP contribution >= 0.6 is 0 Å². The lowest BCUT2D eigenvalue weighted by Crippen LogP contribution is -2.06. The average Bonchev–Trinajstić information content (AvgIpc) is 1.91. The highest BCUT2D eigenvalue weighted by atomic mass is 16.3. The standard InChI is InChI=1S/C6H10O3/c7-3-1-2-6(4-8)5-9/h3-4,6,9H,1-2,5H2. The van der Waals surface area contributed by atoms with E-state index in [-0.39, 0.29) is 12.5 Å². The van der Waals surface area contributed by atoms with Crippen molar-refractivity contribution in [2.24, 2.45) is 5.92 Å². The maximum atomic E-state index is 9.97. The van der Waals surface area contributed by atoms with Crippen LogP contribution in [-0.2, 0) is 9.59 Å². The van der Waals surface area contributed by atoms with E-state index in [4.69, 9.17) is 5.11 Å². The summed E-state index contributed by atoms with van der Waals surface area (Å²) in [6.07, 6.45) is 2.23. The van der Waals surface area contributed by atoms with Crippen LogP contribution in [0, 0.1) is 5.92 Å². The van der Waals surface area contributed by atoms with Crippen LogP contribution in [0.15, 0.2) is 0 Å². The van der Waals surface area contributed by atoms with Gasteiger partial charge in [-0.15, -0.1) is 0 Å². The van der Waals surface area contributed by atoms with Crippen molar-refractivity contribution in [2.45, 2.75) is 12.8 Å². The van der Waals surface area contributed by atoms with Crippen molar-refractivity contribution in [3.63, 3.8) is 0 Å². The summed E-state index contributed by atoms with van der Waals surface area (Å²) in [5.74, 6) is -0.352. The van der Waals surface area contributed by atoms with E-state index in [1.807, 2.05) is 0 Å². The summed E-state index contributed by atoms with van der Waals surface area (Å²) in [7, 11) is 0. The normalized spacial score (nSPS) is 12.6. The monoisotopic (exact) mass is 130 g/mol. The molecule has 0 aromatic rings. The summed E-state index contributed by atoms with van der Waals surface area (Å²) in [6, 6.07) is 0. The molecule has 1 atom stereocenters. The Hall–Kier alpha value is -0.700. The second kappa shape index (κ2) is 5.44. The predicted molar refractivity (Wildman–Crippen MR) is 31.9 cm³/mol. The predicted octanol–water partition coefficient (Wildman–Crippen LogP) is -0.227. The van der Waals surface area contributed by atoms with Crippen molar-refractivity contribution in [3.8, 4) is 0 Å². The summed E-state index contributed by atoms with van der Waals surface area (Å²) in [5, 5.41) is 8.41. The fourth-order valence-electron chi connectivity index (χ4n) is 0.484. The fraction of sp³-hybridized carbons (Fsp3) is 0.667. The third-order valence-corrected chi connectivity index (χ3v) is 1.08. The van der Waals surface area contributed by atoms with Crippen LogP contribution in [0.5, 0.6) is 0 Å². The molecule has 1 N–H and O–H groups in total. The summed E-state index contributed by atoms with van der Waals surface area (Å²) in [6.45, 7) is -0.155. The van der Waals surface area contributed by atoms with Gasteiger partial charge in [-0.1, -0.05) is 0 Å². The van der Waals surface area contributed by atoms with Crippen LogP contribution < -0.4 is 0 Å². The average molecular weight is 130 g/mol. The zero-order chi connectivity index (χ0) is 7.11. The molecule has 0 saturated heterocycles. The molecule has 3 heteroatoms. The van der Waals surface area contributed by atoms with Crippen molar-refractivity contribution >= 4 is 12.6 Å². The van der Waals surface area contributed by atoms with E-state index in [9.17, 15) is 9.59 Å². The van der Waals surface area contributed by atoms with Crippen LogP contribution in [0.2, 0.25) is 0 Å². The molecule has 0 aliphatic heterocycles. The van der Waals surface area contributed by atoms with E-state index in [0.717, 1.165) is 6.29 Å². The van der Waals surface area contributed by atoms with E-state index < -0.39 is 0 Å². The Morgan fingerprint density at radius 2 is 2.11 bits per heavy atom. The molecular weight excluding hydrogens is 120 g/mol. The minimum absolute atomic E-state index is 0.155. The first-order chi connectivity index (χ1) is 4.35. The van der Waals surface area contributed by atoms with Gasteiger partial charge in [0.05, 0.1) is 6.61 Å². The van der Waals surface area contributed by atoms with Gasteiger partial charge in [-0.25, -0.2) is 0 Å². The molecular formula is C6H10O3. The second-order valence-electron chi connectivity index (χ2n) is 1.82. The molecule has 0 aromatic heterocycles. The SMILES string of the molecule is O=CCCC(C=O)CO. The number of carbonyl (C=O) groups excluding carboxylic acids is 2. The van der Waals surface area contributed by atoms with Crippen LogP contribution in [0.25, 0.3) is 0 Å². The van der Waals surface area contributed by atoms with Gasteiger partial charge in [-0.3, -0.25) is 0 Å². The summed E-state index contributed by atoms with van der Waals surface area (Å²) >= 11 is 0. The number of aldehydes is 2. The van der Waals surface area contributed by atoms with Crippen molar-refractivity contribution in [1.82, 2.24) is 0 Å². The molecule has 0 rings (SSSR count). The number of rotatable bonds is 5. The van der Waals surface area contributed by atoms with Crippen molar-refractivity contribution in [3.05, 3.63) is 0 Å². The van der Waals surface area contributed by atoms with Crippen LogP contribution in [-0.4, -0.2) is 24.3 Å². The van der Waals surface area contributed by atoms with Gasteiger partial charge in [0.15, 0.2) is 0 Å². The minimum Gasteiger partial charge on any atom is -0.396 e. The first kappa shape index (κ1) is 8.30. The lowest BCUT2D eigenvalue weighted by atomic mass is 10.1. The number of aliphatic hydroxyl groups is 1.